The van der Waals surface area contributed by atoms with Crippen LogP contribution in [0.3, 0.4) is 0 Å². The third-order valence-corrected chi connectivity index (χ3v) is 4.91. The van der Waals surface area contributed by atoms with Gasteiger partial charge >= 0.3 is 6.03 Å². The molecule has 1 heterocycles. The molecule has 2 rings (SSSR count). The molecule has 0 fully saturated rings. The van der Waals surface area contributed by atoms with Gasteiger partial charge in [0.05, 0.1) is 19.2 Å². The van der Waals surface area contributed by atoms with Crippen LogP contribution in [0, 0.1) is 6.92 Å². The van der Waals surface area contributed by atoms with E-state index < -0.39 is 0 Å². The van der Waals surface area contributed by atoms with Gasteiger partial charge < -0.3 is 20.3 Å². The predicted molar refractivity (Wildman–Crippen MR) is 103 cm³/mol. The molecule has 2 N–H and O–H groups in total. The zero-order valence-corrected chi connectivity index (χ0v) is 16.3. The number of hydrogen-bond donors (Lipinski definition) is 2. The number of benzene rings is 1. The number of ether oxygens (including phenoxy) is 1. The fraction of sp³-hybridized carbons (Fsp3) is 0.421. The third-order valence-electron chi connectivity index (χ3n) is 4.21. The molecule has 136 valence electrons. The highest BCUT2D eigenvalue weighted by Crippen LogP contribution is 2.26. The first kappa shape index (κ1) is 19.3. The lowest BCUT2D eigenvalue weighted by atomic mass is 10.0. The Morgan fingerprint density at radius 3 is 2.68 bits per heavy atom. The van der Waals surface area contributed by atoms with Crippen molar-refractivity contribution in [3.8, 4) is 5.75 Å². The van der Waals surface area contributed by atoms with Crippen molar-refractivity contribution in [3.63, 3.8) is 0 Å². The molecule has 2 amide bonds. The molecule has 2 atom stereocenters. The maximum absolute atomic E-state index is 12.3. The topological polar surface area (TPSA) is 53.6 Å². The highest BCUT2D eigenvalue weighted by atomic mass is 32.1. The third kappa shape index (κ3) is 5.21. The molecule has 0 saturated heterocycles. The number of aryl methyl sites for hydroxylation is 1. The van der Waals surface area contributed by atoms with E-state index >= 15 is 0 Å². The predicted octanol–water partition coefficient (Wildman–Crippen LogP) is 3.73. The van der Waals surface area contributed by atoms with Crippen molar-refractivity contribution < 1.29 is 9.53 Å². The van der Waals surface area contributed by atoms with Gasteiger partial charge in [0.15, 0.2) is 0 Å². The van der Waals surface area contributed by atoms with Crippen molar-refractivity contribution in [2.45, 2.75) is 25.9 Å². The van der Waals surface area contributed by atoms with Gasteiger partial charge in [-0.25, -0.2) is 4.79 Å². The quantitative estimate of drug-likeness (QED) is 0.790. The highest BCUT2D eigenvalue weighted by Gasteiger charge is 2.18. The molecule has 0 aliphatic rings. The van der Waals surface area contributed by atoms with Crippen LogP contribution >= 0.6 is 11.3 Å². The highest BCUT2D eigenvalue weighted by molar-refractivity contribution is 7.07. The van der Waals surface area contributed by atoms with E-state index in [2.05, 4.69) is 32.4 Å². The Balaban J connectivity index is 1.96. The molecule has 5 nitrogen and oxygen atoms in total. The van der Waals surface area contributed by atoms with Crippen LogP contribution in [-0.2, 0) is 0 Å². The van der Waals surface area contributed by atoms with Crippen LogP contribution in [0.2, 0.25) is 0 Å². The Kier molecular flexibility index (Phi) is 6.84. The van der Waals surface area contributed by atoms with Crippen LogP contribution in [0.15, 0.2) is 35.0 Å². The number of rotatable bonds is 7. The summed E-state index contributed by atoms with van der Waals surface area (Å²) in [5, 5.41) is 10.1. The van der Waals surface area contributed by atoms with E-state index in [1.54, 1.807) is 18.4 Å². The summed E-state index contributed by atoms with van der Waals surface area (Å²) < 4.78 is 5.40. The molecule has 0 radical (unpaired) electrons. The molecule has 2 unspecified atom stereocenters. The van der Waals surface area contributed by atoms with Gasteiger partial charge in [-0.05, 0) is 56.4 Å². The lowest BCUT2D eigenvalue weighted by Crippen LogP contribution is -2.41. The first-order chi connectivity index (χ1) is 11.9. The molecule has 6 heteroatoms. The number of methoxy groups -OCH3 is 1. The minimum absolute atomic E-state index is 0.145. The number of thiophene rings is 1. The number of hydrogen-bond acceptors (Lipinski definition) is 4. The summed E-state index contributed by atoms with van der Waals surface area (Å²) in [5.74, 6) is 0.780. The number of carbonyl (C=O) groups is 1. The molecule has 0 aliphatic heterocycles. The molecule has 2 aromatic rings. The second kappa shape index (κ2) is 8.87. The average molecular weight is 362 g/mol. The zero-order chi connectivity index (χ0) is 18.4. The fourth-order valence-corrected chi connectivity index (χ4v) is 3.48. The molecular formula is C19H27N3O2S. The number of carbonyl (C=O) groups excluding carboxylic acids is 1. The van der Waals surface area contributed by atoms with Gasteiger partial charge in [-0.1, -0.05) is 17.7 Å². The lowest BCUT2D eigenvalue weighted by Gasteiger charge is -2.25. The maximum Gasteiger partial charge on any atom is 0.315 e. The molecule has 0 spiro atoms. The Bertz CT molecular complexity index is 686. The van der Waals surface area contributed by atoms with Gasteiger partial charge in [-0.2, -0.15) is 11.3 Å². The minimum atomic E-state index is -0.182. The molecular weight excluding hydrogens is 334 g/mol. The number of urea groups is 1. The summed E-state index contributed by atoms with van der Waals surface area (Å²) in [6.07, 6.45) is 0. The van der Waals surface area contributed by atoms with Gasteiger partial charge in [-0.15, -0.1) is 0 Å². The van der Waals surface area contributed by atoms with E-state index in [1.165, 1.54) is 5.56 Å². The van der Waals surface area contributed by atoms with Crippen LogP contribution in [-0.4, -0.2) is 38.7 Å². The standard InChI is InChI=1S/C19H27N3O2S/c1-13-6-7-18(24-5)16(10-13)14(2)21-19(23)20-11-17(22(3)4)15-8-9-25-12-15/h6-10,12,14,17H,11H2,1-5H3,(H2,20,21,23). The molecule has 0 aliphatic carbocycles. The fourth-order valence-electron chi connectivity index (χ4n) is 2.77. The van der Waals surface area contributed by atoms with Crippen molar-refractivity contribution in [1.82, 2.24) is 15.5 Å². The zero-order valence-electron chi connectivity index (χ0n) is 15.5. The molecule has 25 heavy (non-hydrogen) atoms. The summed E-state index contributed by atoms with van der Waals surface area (Å²) in [7, 11) is 5.67. The van der Waals surface area contributed by atoms with E-state index in [4.69, 9.17) is 4.74 Å². The summed E-state index contributed by atoms with van der Waals surface area (Å²) in [5.41, 5.74) is 3.32. The molecule has 0 bridgehead atoms. The van der Waals surface area contributed by atoms with Crippen LogP contribution in [0.4, 0.5) is 4.79 Å². The molecule has 1 aromatic carbocycles. The van der Waals surface area contributed by atoms with Crippen molar-refractivity contribution in [1.29, 1.82) is 0 Å². The number of amides is 2. The number of nitrogens with zero attached hydrogens (tertiary/aromatic N) is 1. The Hall–Kier alpha value is -2.05. The van der Waals surface area contributed by atoms with Crippen LogP contribution in [0.5, 0.6) is 5.75 Å². The van der Waals surface area contributed by atoms with E-state index in [9.17, 15) is 4.79 Å². The van der Waals surface area contributed by atoms with Crippen LogP contribution in [0.25, 0.3) is 0 Å². The van der Waals surface area contributed by atoms with Crippen LogP contribution in [0.1, 0.15) is 35.7 Å². The summed E-state index contributed by atoms with van der Waals surface area (Å²) in [4.78, 5) is 14.4. The summed E-state index contributed by atoms with van der Waals surface area (Å²) >= 11 is 1.66. The van der Waals surface area contributed by atoms with E-state index in [-0.39, 0.29) is 18.1 Å². The summed E-state index contributed by atoms with van der Waals surface area (Å²) in [6.45, 7) is 4.53. The Morgan fingerprint density at radius 2 is 2.08 bits per heavy atom. The van der Waals surface area contributed by atoms with Crippen molar-refractivity contribution in [2.24, 2.45) is 0 Å². The number of nitrogens with one attached hydrogen (secondary N) is 2. The smallest absolute Gasteiger partial charge is 0.315 e. The lowest BCUT2D eigenvalue weighted by molar-refractivity contribution is 0.230. The molecule has 0 saturated carbocycles. The molecule has 1 aromatic heterocycles. The Morgan fingerprint density at radius 1 is 1.32 bits per heavy atom. The van der Waals surface area contributed by atoms with Crippen molar-refractivity contribution in [3.05, 3.63) is 51.7 Å². The van der Waals surface area contributed by atoms with Gasteiger partial charge in [-0.3, -0.25) is 0 Å². The maximum atomic E-state index is 12.3. The normalized spacial score (nSPS) is 13.4. The van der Waals surface area contributed by atoms with Gasteiger partial charge in [0.25, 0.3) is 0 Å². The second-order valence-corrected chi connectivity index (χ2v) is 7.14. The van der Waals surface area contributed by atoms with E-state index in [0.29, 0.717) is 6.54 Å². The average Bonchev–Trinajstić information content (AvgIpc) is 3.08. The summed E-state index contributed by atoms with van der Waals surface area (Å²) in [6, 6.07) is 7.89. The van der Waals surface area contributed by atoms with Gasteiger partial charge in [0, 0.05) is 12.1 Å². The monoisotopic (exact) mass is 361 g/mol. The first-order valence-corrected chi connectivity index (χ1v) is 9.24. The SMILES string of the molecule is COc1ccc(C)cc1C(C)NC(=O)NCC(c1ccsc1)N(C)C. The van der Waals surface area contributed by atoms with Gasteiger partial charge in [0.1, 0.15) is 5.75 Å². The second-order valence-electron chi connectivity index (χ2n) is 6.36. The first-order valence-electron chi connectivity index (χ1n) is 8.29. The van der Waals surface area contributed by atoms with Crippen molar-refractivity contribution in [2.75, 3.05) is 27.7 Å². The van der Waals surface area contributed by atoms with Crippen molar-refractivity contribution >= 4 is 17.4 Å². The van der Waals surface area contributed by atoms with E-state index in [0.717, 1.165) is 16.9 Å². The largest absolute Gasteiger partial charge is 0.496 e. The van der Waals surface area contributed by atoms with E-state index in [1.807, 2.05) is 46.1 Å². The number of likely N-dealkylation sites (N-methyl/N-ethyl adjacent to an activating group) is 1. The van der Waals surface area contributed by atoms with Crippen LogP contribution < -0.4 is 15.4 Å². The minimum Gasteiger partial charge on any atom is -0.496 e. The van der Waals surface area contributed by atoms with Gasteiger partial charge in [0.2, 0.25) is 0 Å². The Labute approximate surface area is 154 Å².